The fourth-order valence-corrected chi connectivity index (χ4v) is 13.6. The molecule has 0 unspecified atom stereocenters. The van der Waals surface area contributed by atoms with Gasteiger partial charge in [-0.15, -0.1) is 0 Å². The first-order valence-corrected chi connectivity index (χ1v) is 20.8. The normalized spacial score (nSPS) is 21.0. The first kappa shape index (κ1) is 21.8. The van der Waals surface area contributed by atoms with Crippen molar-refractivity contribution in [3.8, 4) is 34.1 Å². The number of ether oxygens (including phenoxy) is 2. The van der Waals surface area contributed by atoms with E-state index in [0.717, 1.165) is 18.2 Å². The van der Waals surface area contributed by atoms with Gasteiger partial charge in [0, 0.05) is 63.3 Å². The van der Waals surface area contributed by atoms with Gasteiger partial charge < -0.3 is 9.47 Å². The Morgan fingerprint density at radius 1 is 0.509 bits per heavy atom. The maximum absolute atomic E-state index is 9.13. The number of para-hydroxylation sites is 2. The number of benzene rings is 7. The van der Waals surface area contributed by atoms with Crippen LogP contribution in [0, 0.1) is 13.7 Å². The summed E-state index contributed by atoms with van der Waals surface area (Å²) in [5, 5.41) is 2.41. The molecule has 0 atom stereocenters. The van der Waals surface area contributed by atoms with Crippen LogP contribution >= 0.6 is 0 Å². The maximum atomic E-state index is 9.13. The molecule has 2 nitrogen and oxygen atoms in total. The Balaban J connectivity index is 1.50. The van der Waals surface area contributed by atoms with Crippen molar-refractivity contribution < 1.29 is 34.1 Å². The minimum atomic E-state index is -4.12. The highest BCUT2D eigenvalue weighted by Gasteiger charge is 2.47. The zero-order valence-electron chi connectivity index (χ0n) is 49.8. The van der Waals surface area contributed by atoms with Crippen molar-refractivity contribution in [3.63, 3.8) is 0 Å². The molecule has 2 aliphatic rings. The van der Waals surface area contributed by atoms with Crippen LogP contribution in [0.25, 0.3) is 11.1 Å². The second-order valence-corrected chi connectivity index (χ2v) is 19.7. The molecule has 0 fully saturated rings. The van der Waals surface area contributed by atoms with Gasteiger partial charge >= 0.3 is 0 Å². The van der Waals surface area contributed by atoms with Crippen molar-refractivity contribution in [1.82, 2.24) is 0 Å². The molecule has 7 aromatic rings. The van der Waals surface area contributed by atoms with Crippen LogP contribution in [0.15, 0.2) is 152 Å². The van der Waals surface area contributed by atoms with Gasteiger partial charge in [0.05, 0.1) is 0 Å². The van der Waals surface area contributed by atoms with Crippen molar-refractivity contribution in [2.45, 2.75) is 78.1 Å². The van der Waals surface area contributed by atoms with E-state index in [2.05, 4.69) is 0 Å². The number of fused-ring (bicyclic) bond motifs is 4. The molecular weight excluding hydrogens is 709 g/mol. The van der Waals surface area contributed by atoms with Crippen LogP contribution in [-0.4, -0.2) is 8.07 Å². The average molecular weight is 779 g/mol. The summed E-state index contributed by atoms with van der Waals surface area (Å²) in [5.41, 5.74) is -7.18. The zero-order chi connectivity index (χ0) is 54.9. The number of hydrogen-bond acceptors (Lipinski definition) is 2. The van der Waals surface area contributed by atoms with Gasteiger partial charge in [0.25, 0.3) is 0 Å². The first-order valence-electron chi connectivity index (χ1n) is 27.8. The van der Waals surface area contributed by atoms with Crippen LogP contribution in [0.3, 0.4) is 0 Å². The van der Waals surface area contributed by atoms with Gasteiger partial charge in [-0.2, -0.15) is 0 Å². The summed E-state index contributed by atoms with van der Waals surface area (Å²) < 4.78 is 175. The molecule has 0 saturated heterocycles. The summed E-state index contributed by atoms with van der Waals surface area (Å²) >= 11 is 0. The number of rotatable bonds is 5. The minimum Gasteiger partial charge on any atom is -0.457 e. The highest BCUT2D eigenvalue weighted by atomic mass is 28.3. The lowest BCUT2D eigenvalue weighted by Crippen LogP contribution is -2.75. The molecule has 9 rings (SSSR count). The summed E-state index contributed by atoms with van der Waals surface area (Å²) in [6, 6.07) is 41.0. The molecule has 0 aromatic heterocycles. The summed E-state index contributed by atoms with van der Waals surface area (Å²) in [5.74, 6) is -0.757. The Hall–Kier alpha value is -5.64. The predicted molar refractivity (Wildman–Crippen MR) is 241 cm³/mol. The summed E-state index contributed by atoms with van der Waals surface area (Å²) in [6.45, 7) is -13.1. The van der Waals surface area contributed by atoms with Gasteiger partial charge in [0.1, 0.15) is 23.0 Å². The van der Waals surface area contributed by atoms with Gasteiger partial charge in [0.2, 0.25) is 0 Å². The minimum absolute atomic E-state index is 0.00896. The lowest BCUT2D eigenvalue weighted by atomic mass is 9.73. The van der Waals surface area contributed by atoms with Crippen molar-refractivity contribution in [2.75, 3.05) is 0 Å². The number of aryl methyl sites for hydroxylation is 2. The molecule has 57 heavy (non-hydrogen) atoms. The second kappa shape index (κ2) is 13.2. The predicted octanol–water partition coefficient (Wildman–Crippen LogP) is 11.5. The second-order valence-electron chi connectivity index (χ2n) is 16.0. The highest BCUT2D eigenvalue weighted by Crippen LogP contribution is 2.53. The summed E-state index contributed by atoms with van der Waals surface area (Å²) in [6.07, 6.45) is 0. The maximum Gasteiger partial charge on any atom is 0.184 e. The fraction of sp³-hybridized carbons (Fsp3) is 0.222. The Morgan fingerprint density at radius 2 is 1.12 bits per heavy atom. The van der Waals surface area contributed by atoms with Crippen molar-refractivity contribution in [1.29, 1.82) is 0 Å². The van der Waals surface area contributed by atoms with Crippen LogP contribution in [0.2, 0.25) is 0 Å². The van der Waals surface area contributed by atoms with E-state index in [1.807, 2.05) is 93.6 Å². The topological polar surface area (TPSA) is 18.5 Å². The standard InChI is InChI=1S/C54H52O2Si/c1-35-27-30-43-47(33-35)56-51-45(54(43,8)9)31-28-36(2)49(51)40-34-39(29-32-41(40)52(3,4)5)57(37-19-12-10-13-20-37,38-21-14-11-15-22-38)48-26-18-24-44-50(48)55-46-25-17-16-23-42(46)53(44,6)7/h10-34H,1-9H3/i1D3,2D3,6D3,7D3,8D3,9D3. The lowest BCUT2D eigenvalue weighted by Gasteiger charge is -2.41. The van der Waals surface area contributed by atoms with E-state index in [1.54, 1.807) is 36.4 Å². The van der Waals surface area contributed by atoms with Crippen LogP contribution in [0.1, 0.15) is 112 Å². The van der Waals surface area contributed by atoms with Crippen LogP contribution < -0.4 is 30.2 Å². The van der Waals surface area contributed by atoms with Crippen molar-refractivity contribution >= 4 is 28.8 Å². The molecule has 2 heterocycles. The molecule has 284 valence electrons. The SMILES string of the molecule is [2H]C([2H])([2H])c1ccc2c(c1)Oc1c(ccc(C([2H])([2H])[2H])c1-c1cc([Si](c3ccccc3)(c3ccccc3)c3cccc4c3Oc3ccccc3C4(C([2H])([2H])[2H])C([2H])([2H])[2H])ccc1C(C)(C)C)C2(C([2H])([2H])[2H])C([2H])([2H])[2H]. The summed E-state index contributed by atoms with van der Waals surface area (Å²) in [4.78, 5) is 0. The molecular formula is C54H52O2Si. The van der Waals surface area contributed by atoms with Crippen molar-refractivity contribution in [3.05, 3.63) is 191 Å². The Bertz CT molecular complexity index is 3280. The molecule has 2 aliphatic heterocycles. The molecule has 0 saturated carbocycles. The monoisotopic (exact) mass is 778 g/mol. The lowest BCUT2D eigenvalue weighted by molar-refractivity contribution is 0.418. The molecule has 0 bridgehead atoms. The quantitative estimate of drug-likeness (QED) is 0.128. The molecule has 0 spiro atoms. The first-order chi connectivity index (χ1) is 34.7. The van der Waals surface area contributed by atoms with Crippen LogP contribution in [0.5, 0.6) is 23.0 Å². The van der Waals surface area contributed by atoms with Gasteiger partial charge in [-0.3, -0.25) is 0 Å². The molecule has 0 N–H and O–H groups in total. The van der Waals surface area contributed by atoms with E-state index >= 15 is 0 Å². The molecule has 3 heteroatoms. The van der Waals surface area contributed by atoms with Gasteiger partial charge in [-0.05, 0) is 74.3 Å². The zero-order valence-corrected chi connectivity index (χ0v) is 32.8. The third-order valence-corrected chi connectivity index (χ3v) is 16.2. The van der Waals surface area contributed by atoms with Gasteiger partial charge in [-0.25, -0.2) is 0 Å². The third-order valence-electron chi connectivity index (χ3n) is 11.4. The molecule has 0 aliphatic carbocycles. The fourth-order valence-electron chi connectivity index (χ4n) is 8.76. The Kier molecular flexibility index (Phi) is 5.04. The smallest absolute Gasteiger partial charge is 0.184 e. The molecule has 7 aromatic carbocycles. The molecule has 0 radical (unpaired) electrons. The highest BCUT2D eigenvalue weighted by molar-refractivity contribution is 7.20. The van der Waals surface area contributed by atoms with E-state index in [1.165, 1.54) is 24.3 Å². The Labute approximate surface area is 365 Å². The van der Waals surface area contributed by atoms with Crippen LogP contribution in [-0.2, 0) is 16.2 Å². The molecule has 0 amide bonds. The number of hydrogen-bond donors (Lipinski definition) is 0. The van der Waals surface area contributed by atoms with E-state index in [-0.39, 0.29) is 56.0 Å². The van der Waals surface area contributed by atoms with Crippen molar-refractivity contribution in [2.24, 2.45) is 0 Å². The van der Waals surface area contributed by atoms with Gasteiger partial charge in [0.15, 0.2) is 8.07 Å². The van der Waals surface area contributed by atoms with E-state index in [4.69, 9.17) is 34.1 Å². The summed E-state index contributed by atoms with van der Waals surface area (Å²) in [7, 11) is -4.12. The average Bonchev–Trinajstić information content (AvgIpc) is 3.30. The van der Waals surface area contributed by atoms with Crippen LogP contribution in [0.4, 0.5) is 0 Å². The van der Waals surface area contributed by atoms with E-state index in [9.17, 15) is 0 Å². The largest absolute Gasteiger partial charge is 0.457 e. The Morgan fingerprint density at radius 3 is 1.79 bits per heavy atom. The van der Waals surface area contributed by atoms with E-state index < -0.39 is 76.9 Å². The van der Waals surface area contributed by atoms with Gasteiger partial charge in [-0.1, -0.05) is 188 Å². The van der Waals surface area contributed by atoms with E-state index in [0.29, 0.717) is 26.3 Å². The third kappa shape index (κ3) is 5.65.